The molecule has 0 spiro atoms. The van der Waals surface area contributed by atoms with Crippen LogP contribution >= 0.6 is 11.8 Å². The van der Waals surface area contributed by atoms with E-state index in [1.54, 1.807) is 44.4 Å². The second-order valence-corrected chi connectivity index (χ2v) is 5.62. The maximum atomic E-state index is 12.9. The molecule has 2 rings (SSSR count). The highest BCUT2D eigenvalue weighted by Crippen LogP contribution is 2.33. The molecule has 0 unspecified atom stereocenters. The number of anilines is 1. The summed E-state index contributed by atoms with van der Waals surface area (Å²) in [6, 6.07) is 11.3. The first kappa shape index (κ1) is 14.4. The molecule has 0 aromatic heterocycles. The minimum atomic E-state index is -0.279. The zero-order valence-electron chi connectivity index (χ0n) is 11.3. The summed E-state index contributed by atoms with van der Waals surface area (Å²) in [6.45, 7) is 0. The van der Waals surface area contributed by atoms with Gasteiger partial charge in [-0.1, -0.05) is 11.8 Å². The number of nitrogen functional groups attached to an aromatic ring is 1. The smallest absolute Gasteiger partial charge is 0.253 e. The van der Waals surface area contributed by atoms with E-state index in [4.69, 9.17) is 5.73 Å². The number of rotatable bonds is 3. The Bertz CT molecular complexity index is 626. The van der Waals surface area contributed by atoms with Crippen molar-refractivity contribution in [2.45, 2.75) is 9.79 Å². The van der Waals surface area contributed by atoms with Crippen LogP contribution in [-0.2, 0) is 0 Å². The average Bonchev–Trinajstić information content (AvgIpc) is 2.43. The van der Waals surface area contributed by atoms with Gasteiger partial charge >= 0.3 is 0 Å². The first-order valence-corrected chi connectivity index (χ1v) is 6.83. The van der Waals surface area contributed by atoms with Gasteiger partial charge in [-0.3, -0.25) is 4.79 Å². The summed E-state index contributed by atoms with van der Waals surface area (Å²) in [6.07, 6.45) is 0. The van der Waals surface area contributed by atoms with Crippen molar-refractivity contribution in [3.8, 4) is 0 Å². The van der Waals surface area contributed by atoms with E-state index in [1.165, 1.54) is 28.8 Å². The fraction of sp³-hybridized carbons (Fsp3) is 0.133. The Morgan fingerprint density at radius 2 is 1.80 bits per heavy atom. The Labute approximate surface area is 121 Å². The Morgan fingerprint density at radius 1 is 1.15 bits per heavy atom. The van der Waals surface area contributed by atoms with E-state index in [-0.39, 0.29) is 11.7 Å². The lowest BCUT2D eigenvalue weighted by atomic mass is 10.2. The molecule has 1 amide bonds. The van der Waals surface area contributed by atoms with Gasteiger partial charge in [0.2, 0.25) is 0 Å². The second-order valence-electron chi connectivity index (χ2n) is 4.51. The van der Waals surface area contributed by atoms with Crippen LogP contribution in [0.2, 0.25) is 0 Å². The summed E-state index contributed by atoms with van der Waals surface area (Å²) >= 11 is 1.40. The minimum Gasteiger partial charge on any atom is -0.398 e. The van der Waals surface area contributed by atoms with Crippen LogP contribution in [0.5, 0.6) is 0 Å². The van der Waals surface area contributed by atoms with Crippen LogP contribution in [0, 0.1) is 5.82 Å². The van der Waals surface area contributed by atoms with Gasteiger partial charge in [-0.05, 0) is 42.5 Å². The molecular formula is C15H15FN2OS. The molecule has 0 fully saturated rings. The molecule has 0 saturated heterocycles. The monoisotopic (exact) mass is 290 g/mol. The first-order valence-electron chi connectivity index (χ1n) is 6.02. The highest BCUT2D eigenvalue weighted by molar-refractivity contribution is 7.99. The minimum absolute atomic E-state index is 0.0778. The van der Waals surface area contributed by atoms with E-state index < -0.39 is 0 Å². The van der Waals surface area contributed by atoms with Crippen molar-refractivity contribution >= 4 is 23.4 Å². The normalized spacial score (nSPS) is 10.3. The molecule has 20 heavy (non-hydrogen) atoms. The molecule has 104 valence electrons. The number of hydrogen-bond acceptors (Lipinski definition) is 3. The number of benzene rings is 2. The van der Waals surface area contributed by atoms with Gasteiger partial charge in [-0.15, -0.1) is 0 Å². The topological polar surface area (TPSA) is 46.3 Å². The van der Waals surface area contributed by atoms with Crippen molar-refractivity contribution in [3.63, 3.8) is 0 Å². The van der Waals surface area contributed by atoms with Crippen molar-refractivity contribution in [2.24, 2.45) is 0 Å². The largest absolute Gasteiger partial charge is 0.398 e. The number of halogens is 1. The number of carbonyl (C=O) groups excluding carboxylic acids is 1. The molecule has 0 bridgehead atoms. The molecule has 0 aliphatic rings. The van der Waals surface area contributed by atoms with Crippen LogP contribution in [0.25, 0.3) is 0 Å². The van der Waals surface area contributed by atoms with Crippen molar-refractivity contribution in [1.82, 2.24) is 4.90 Å². The Kier molecular flexibility index (Phi) is 4.29. The Balaban J connectivity index is 2.29. The molecule has 2 aromatic rings. The molecule has 3 nitrogen and oxygen atoms in total. The molecule has 0 aliphatic carbocycles. The molecule has 2 aromatic carbocycles. The van der Waals surface area contributed by atoms with Crippen LogP contribution in [0.1, 0.15) is 10.4 Å². The lowest BCUT2D eigenvalue weighted by molar-refractivity contribution is 0.0827. The summed E-state index contributed by atoms with van der Waals surface area (Å²) in [7, 11) is 3.40. The van der Waals surface area contributed by atoms with Gasteiger partial charge in [0.05, 0.1) is 0 Å². The predicted octanol–water partition coefficient (Wildman–Crippen LogP) is 3.26. The SMILES string of the molecule is CN(C)C(=O)c1ccc(N)c(Sc2ccc(F)cc2)c1. The fourth-order valence-electron chi connectivity index (χ4n) is 1.64. The van der Waals surface area contributed by atoms with Gasteiger partial charge in [0.15, 0.2) is 0 Å². The zero-order chi connectivity index (χ0) is 14.7. The second kappa shape index (κ2) is 5.96. The third-order valence-electron chi connectivity index (χ3n) is 2.71. The molecule has 0 radical (unpaired) electrons. The highest BCUT2D eigenvalue weighted by Gasteiger charge is 2.11. The Hall–Kier alpha value is -2.01. The lowest BCUT2D eigenvalue weighted by Crippen LogP contribution is -2.21. The van der Waals surface area contributed by atoms with Gasteiger partial charge in [0, 0.05) is 35.1 Å². The zero-order valence-corrected chi connectivity index (χ0v) is 12.1. The molecule has 0 atom stereocenters. The summed E-state index contributed by atoms with van der Waals surface area (Å²) in [5, 5.41) is 0. The van der Waals surface area contributed by atoms with E-state index in [9.17, 15) is 9.18 Å². The fourth-order valence-corrected chi connectivity index (χ4v) is 2.54. The molecule has 2 N–H and O–H groups in total. The van der Waals surface area contributed by atoms with E-state index >= 15 is 0 Å². The van der Waals surface area contributed by atoms with Crippen molar-refractivity contribution in [2.75, 3.05) is 19.8 Å². The van der Waals surface area contributed by atoms with Crippen LogP contribution < -0.4 is 5.73 Å². The van der Waals surface area contributed by atoms with E-state index in [0.717, 1.165) is 9.79 Å². The number of amides is 1. The predicted molar refractivity (Wildman–Crippen MR) is 79.4 cm³/mol. The van der Waals surface area contributed by atoms with Gasteiger partial charge in [-0.2, -0.15) is 0 Å². The number of hydrogen-bond donors (Lipinski definition) is 1. The molecular weight excluding hydrogens is 275 g/mol. The molecule has 0 heterocycles. The van der Waals surface area contributed by atoms with Gasteiger partial charge in [0.25, 0.3) is 5.91 Å². The third kappa shape index (κ3) is 3.30. The lowest BCUT2D eigenvalue weighted by Gasteiger charge is -2.12. The van der Waals surface area contributed by atoms with Crippen molar-refractivity contribution in [1.29, 1.82) is 0 Å². The third-order valence-corrected chi connectivity index (χ3v) is 3.79. The van der Waals surface area contributed by atoms with Crippen LogP contribution in [0.4, 0.5) is 10.1 Å². The van der Waals surface area contributed by atoms with Crippen molar-refractivity contribution in [3.05, 3.63) is 53.8 Å². The van der Waals surface area contributed by atoms with E-state index in [1.807, 2.05) is 0 Å². The Morgan fingerprint density at radius 3 is 2.40 bits per heavy atom. The number of nitrogens with zero attached hydrogens (tertiary/aromatic N) is 1. The summed E-state index contributed by atoms with van der Waals surface area (Å²) in [5.74, 6) is -0.357. The van der Waals surface area contributed by atoms with Gasteiger partial charge < -0.3 is 10.6 Å². The van der Waals surface area contributed by atoms with Crippen LogP contribution in [0.15, 0.2) is 52.3 Å². The number of nitrogens with two attached hydrogens (primary N) is 1. The maximum Gasteiger partial charge on any atom is 0.253 e. The maximum absolute atomic E-state index is 12.9. The molecule has 5 heteroatoms. The van der Waals surface area contributed by atoms with Gasteiger partial charge in [0.1, 0.15) is 5.82 Å². The van der Waals surface area contributed by atoms with Crippen LogP contribution in [0.3, 0.4) is 0 Å². The van der Waals surface area contributed by atoms with Crippen LogP contribution in [-0.4, -0.2) is 24.9 Å². The van der Waals surface area contributed by atoms with Crippen molar-refractivity contribution < 1.29 is 9.18 Å². The van der Waals surface area contributed by atoms with E-state index in [0.29, 0.717) is 11.3 Å². The molecule has 0 aliphatic heterocycles. The summed E-state index contributed by atoms with van der Waals surface area (Å²) in [4.78, 5) is 15.1. The number of carbonyl (C=O) groups is 1. The quantitative estimate of drug-likeness (QED) is 0.883. The average molecular weight is 290 g/mol. The summed E-state index contributed by atoms with van der Waals surface area (Å²) in [5.41, 5.74) is 7.09. The van der Waals surface area contributed by atoms with Gasteiger partial charge in [-0.25, -0.2) is 4.39 Å². The standard InChI is InChI=1S/C15H15FN2OS/c1-18(2)15(19)10-3-8-13(17)14(9-10)20-12-6-4-11(16)5-7-12/h3-9H,17H2,1-2H3. The van der Waals surface area contributed by atoms with E-state index in [2.05, 4.69) is 0 Å². The summed E-state index contributed by atoms with van der Waals surface area (Å²) < 4.78 is 12.9. The first-order chi connectivity index (χ1) is 9.47. The molecule has 0 saturated carbocycles. The highest BCUT2D eigenvalue weighted by atomic mass is 32.2.